The molecule has 0 aromatic carbocycles. The maximum atomic E-state index is 14.4. The van der Waals surface area contributed by atoms with Gasteiger partial charge in [-0.3, -0.25) is 4.74 Å². The molecule has 2 saturated heterocycles. The van der Waals surface area contributed by atoms with Gasteiger partial charge < -0.3 is 9.47 Å². The fourth-order valence-electron chi connectivity index (χ4n) is 3.11. The topological polar surface area (TPSA) is 49.4 Å². The summed E-state index contributed by atoms with van der Waals surface area (Å²) in [5.74, 6) is -19.8. The molecule has 2 aliphatic rings. The Hall–Kier alpha value is -1.85. The van der Waals surface area contributed by atoms with Gasteiger partial charge in [-0.25, -0.2) is 18.3 Å². The molecule has 2 aliphatic heterocycles. The van der Waals surface area contributed by atoms with Crippen molar-refractivity contribution in [1.82, 2.24) is 4.90 Å². The summed E-state index contributed by atoms with van der Waals surface area (Å²) in [4.78, 5) is -3.38. The summed E-state index contributed by atoms with van der Waals surface area (Å²) in [6.07, 6.45) is -53.8. The van der Waals surface area contributed by atoms with Gasteiger partial charge in [0.05, 0.1) is 13.2 Å². The minimum absolute atomic E-state index is 1.43. The molecule has 6 nitrogen and oxygen atoms in total. The summed E-state index contributed by atoms with van der Waals surface area (Å²) in [5, 5.41) is 0. The van der Waals surface area contributed by atoms with Crippen LogP contribution in [0.4, 0.5) is 101 Å². The summed E-state index contributed by atoms with van der Waals surface area (Å²) >= 11 is 0. The second-order valence-electron chi connectivity index (χ2n) is 8.51. The van der Waals surface area contributed by atoms with Gasteiger partial charge in [0.1, 0.15) is 12.2 Å². The van der Waals surface area contributed by atoms with E-state index in [1.165, 1.54) is 4.74 Å². The highest BCUT2D eigenvalue weighted by Crippen LogP contribution is 2.58. The fourth-order valence-corrected chi connectivity index (χ4v) is 3.11. The van der Waals surface area contributed by atoms with Crippen molar-refractivity contribution in [3.8, 4) is 0 Å². The molecular weight excluding hydrogens is 723 g/mol. The molecule has 4 atom stereocenters. The molecule has 0 spiro atoms. The zero-order chi connectivity index (χ0) is 35.8. The van der Waals surface area contributed by atoms with E-state index in [4.69, 9.17) is 0 Å². The standard InChI is InChI=1S/C16H8F23NO5/c17-5(40-10(25,26)14(33,34)44-15(35,36)11(40,27)28)7(19,20)3-1-42-4(2-41-3)8(21,22)6(18)43-12(29,30)9(23,24)13(31,32)45-16(37,38)39/h3-6H,1-2H2. The summed E-state index contributed by atoms with van der Waals surface area (Å²) < 4.78 is 320. The number of ether oxygens (including phenoxy) is 5. The van der Waals surface area contributed by atoms with Gasteiger partial charge in [0.15, 0.2) is 0 Å². The van der Waals surface area contributed by atoms with Crippen molar-refractivity contribution in [2.45, 2.75) is 85.5 Å². The van der Waals surface area contributed by atoms with Crippen molar-refractivity contribution in [2.24, 2.45) is 0 Å². The maximum absolute atomic E-state index is 14.4. The highest BCUT2D eigenvalue weighted by atomic mass is 19.4. The lowest BCUT2D eigenvalue weighted by Crippen LogP contribution is -2.78. The zero-order valence-corrected chi connectivity index (χ0v) is 19.9. The molecule has 0 amide bonds. The Morgan fingerprint density at radius 2 is 0.978 bits per heavy atom. The summed E-state index contributed by atoms with van der Waals surface area (Å²) in [5.41, 5.74) is 0. The van der Waals surface area contributed by atoms with E-state index in [9.17, 15) is 101 Å². The maximum Gasteiger partial charge on any atom is 0.527 e. The van der Waals surface area contributed by atoms with Crippen LogP contribution >= 0.6 is 0 Å². The predicted octanol–water partition coefficient (Wildman–Crippen LogP) is 6.71. The van der Waals surface area contributed by atoms with Gasteiger partial charge in [-0.15, -0.1) is 18.1 Å². The molecule has 0 aromatic heterocycles. The molecule has 29 heteroatoms. The molecule has 0 aliphatic carbocycles. The third kappa shape index (κ3) is 6.64. The Labute approximate surface area is 229 Å². The van der Waals surface area contributed by atoms with Gasteiger partial charge in [0.25, 0.3) is 6.36 Å². The molecule has 0 bridgehead atoms. The first-order chi connectivity index (χ1) is 19.5. The Bertz CT molecular complexity index is 1030. The summed E-state index contributed by atoms with van der Waals surface area (Å²) in [6.45, 7) is -5.03. The van der Waals surface area contributed by atoms with E-state index in [1.54, 1.807) is 0 Å². The largest absolute Gasteiger partial charge is 0.527 e. The third-order valence-electron chi connectivity index (χ3n) is 5.39. The average Bonchev–Trinajstić information content (AvgIpc) is 2.80. The van der Waals surface area contributed by atoms with Crippen LogP contribution in [-0.4, -0.2) is 104 Å². The van der Waals surface area contributed by atoms with E-state index >= 15 is 0 Å². The molecule has 2 heterocycles. The Kier molecular flexibility index (Phi) is 9.71. The normalized spacial score (nSPS) is 28.1. The Morgan fingerprint density at radius 3 is 1.33 bits per heavy atom. The summed E-state index contributed by atoms with van der Waals surface area (Å²) in [7, 11) is 0. The van der Waals surface area contributed by atoms with Crippen molar-refractivity contribution < 1.29 is 125 Å². The van der Waals surface area contributed by atoms with Gasteiger partial charge in [0.2, 0.25) is 6.30 Å². The van der Waals surface area contributed by atoms with Gasteiger partial charge in [-0.1, -0.05) is 0 Å². The highest BCUT2D eigenvalue weighted by molar-refractivity contribution is 5.01. The van der Waals surface area contributed by atoms with Crippen LogP contribution in [0.15, 0.2) is 0 Å². The number of nitrogens with zero attached hydrogens (tertiary/aromatic N) is 1. The monoisotopic (exact) mass is 731 g/mol. The molecular formula is C16H8F23NO5. The molecule has 2 fully saturated rings. The first-order valence-corrected chi connectivity index (χ1v) is 10.4. The van der Waals surface area contributed by atoms with E-state index in [0.29, 0.717) is 0 Å². The molecule has 0 radical (unpaired) electrons. The van der Waals surface area contributed by atoms with E-state index in [-0.39, 0.29) is 0 Å². The van der Waals surface area contributed by atoms with Crippen molar-refractivity contribution in [1.29, 1.82) is 0 Å². The Morgan fingerprint density at radius 1 is 0.600 bits per heavy atom. The SMILES string of the molecule is FC(OC(F)(F)C(F)(F)C(F)(F)OC(F)(F)F)C(F)(F)C1COC(C(F)(F)C(F)N2C(F)(F)C(F)(F)OC(F)(F)C2(F)F)CO1. The number of alkyl halides is 23. The minimum Gasteiger partial charge on any atom is -0.366 e. The molecule has 0 aromatic rings. The second kappa shape index (κ2) is 11.1. The average molecular weight is 731 g/mol. The van der Waals surface area contributed by atoms with Crippen LogP contribution in [0.1, 0.15) is 0 Å². The van der Waals surface area contributed by atoms with E-state index in [1.807, 2.05) is 4.74 Å². The van der Waals surface area contributed by atoms with Crippen LogP contribution in [0.3, 0.4) is 0 Å². The third-order valence-corrected chi connectivity index (χ3v) is 5.39. The number of hydrogen-bond acceptors (Lipinski definition) is 6. The molecule has 0 saturated carbocycles. The smallest absolute Gasteiger partial charge is 0.366 e. The first-order valence-electron chi connectivity index (χ1n) is 10.4. The van der Waals surface area contributed by atoms with Crippen LogP contribution in [0, 0.1) is 0 Å². The van der Waals surface area contributed by atoms with Gasteiger partial charge in [0, 0.05) is 0 Å². The van der Waals surface area contributed by atoms with Gasteiger partial charge in [-0.05, 0) is 0 Å². The fraction of sp³-hybridized carbons (Fsp3) is 1.00. The van der Waals surface area contributed by atoms with Crippen molar-refractivity contribution in [2.75, 3.05) is 13.2 Å². The van der Waals surface area contributed by atoms with Crippen molar-refractivity contribution >= 4 is 0 Å². The number of halogens is 23. The Balaban J connectivity index is 2.24. The summed E-state index contributed by atoms with van der Waals surface area (Å²) in [6, 6.07) is -14.1. The lowest BCUT2D eigenvalue weighted by molar-refractivity contribution is -0.575. The minimum atomic E-state index is -7.61. The quantitative estimate of drug-likeness (QED) is 0.184. The van der Waals surface area contributed by atoms with Crippen molar-refractivity contribution in [3.63, 3.8) is 0 Å². The molecule has 0 N–H and O–H groups in total. The van der Waals surface area contributed by atoms with Crippen LogP contribution in [0.2, 0.25) is 0 Å². The zero-order valence-electron chi connectivity index (χ0n) is 19.9. The van der Waals surface area contributed by atoms with Crippen LogP contribution in [-0.2, 0) is 23.7 Å². The van der Waals surface area contributed by atoms with Crippen molar-refractivity contribution in [3.05, 3.63) is 0 Å². The molecule has 2 rings (SSSR count). The lowest BCUT2D eigenvalue weighted by Gasteiger charge is -2.49. The van der Waals surface area contributed by atoms with Crippen LogP contribution < -0.4 is 0 Å². The number of hydrogen-bond donors (Lipinski definition) is 0. The van der Waals surface area contributed by atoms with Gasteiger partial charge in [-0.2, -0.15) is 79.0 Å². The highest BCUT2D eigenvalue weighted by Gasteiger charge is 2.86. The van der Waals surface area contributed by atoms with Crippen LogP contribution in [0.25, 0.3) is 0 Å². The lowest BCUT2D eigenvalue weighted by atomic mass is 10.1. The molecule has 268 valence electrons. The molecule has 45 heavy (non-hydrogen) atoms. The molecule has 4 unspecified atom stereocenters. The van der Waals surface area contributed by atoms with E-state index < -0.39 is 104 Å². The first kappa shape index (κ1) is 39.3. The number of morpholine rings is 1. The second-order valence-corrected chi connectivity index (χ2v) is 8.51. The van der Waals surface area contributed by atoms with E-state index in [0.717, 1.165) is 0 Å². The predicted molar refractivity (Wildman–Crippen MR) is 84.9 cm³/mol. The van der Waals surface area contributed by atoms with E-state index in [2.05, 4.69) is 14.2 Å². The van der Waals surface area contributed by atoms with Gasteiger partial charge >= 0.3 is 60.7 Å². The van der Waals surface area contributed by atoms with Crippen LogP contribution in [0.5, 0.6) is 0 Å². The number of rotatable bonds is 10.